The van der Waals surface area contributed by atoms with Gasteiger partial charge in [-0.3, -0.25) is 0 Å². The van der Waals surface area contributed by atoms with Gasteiger partial charge in [0, 0.05) is 17.5 Å². The van der Waals surface area contributed by atoms with Crippen LogP contribution in [0, 0.1) is 18.3 Å². The number of nitrogens with one attached hydrogen (secondary N) is 1. The summed E-state index contributed by atoms with van der Waals surface area (Å²) in [6.07, 6.45) is 2.61. The number of benzene rings is 1. The van der Waals surface area contributed by atoms with E-state index < -0.39 is 0 Å². The average Bonchev–Trinajstić information content (AvgIpc) is 3.03. The Balaban J connectivity index is 1.55. The number of hydrogen-bond donors (Lipinski definition) is 1. The van der Waals surface area contributed by atoms with Crippen molar-refractivity contribution in [1.82, 2.24) is 9.97 Å². The fourth-order valence-electron chi connectivity index (χ4n) is 2.25. The number of aryl methyl sites for hydroxylation is 1. The van der Waals surface area contributed by atoms with Crippen molar-refractivity contribution >= 4 is 17.0 Å². The van der Waals surface area contributed by atoms with E-state index >= 15 is 0 Å². The van der Waals surface area contributed by atoms with E-state index in [1.807, 2.05) is 19.1 Å². The van der Waals surface area contributed by atoms with E-state index in [9.17, 15) is 0 Å². The minimum absolute atomic E-state index is 0.434. The number of aromatic nitrogens is 2. The molecule has 2 aromatic heterocycles. The van der Waals surface area contributed by atoms with Crippen molar-refractivity contribution < 1.29 is 0 Å². The first kappa shape index (κ1) is 15.2. The molecule has 0 saturated carbocycles. The molecular weight excluding hydrogens is 304 g/mol. The van der Waals surface area contributed by atoms with E-state index in [1.165, 1.54) is 5.56 Å². The number of nitrogens with zero attached hydrogens (tertiary/aromatic N) is 3. The molecule has 0 aliphatic carbocycles. The van der Waals surface area contributed by atoms with Crippen LogP contribution in [0.5, 0.6) is 0 Å². The number of pyridine rings is 1. The summed E-state index contributed by atoms with van der Waals surface area (Å²) in [5, 5.41) is 15.2. The number of rotatable bonds is 5. The molecule has 0 bridgehead atoms. The van der Waals surface area contributed by atoms with Gasteiger partial charge in [-0.15, -0.1) is 11.3 Å². The quantitative estimate of drug-likeness (QED) is 0.770. The minimum atomic E-state index is 0.434. The lowest BCUT2D eigenvalue weighted by Gasteiger charge is -2.06. The lowest BCUT2D eigenvalue weighted by atomic mass is 10.1. The highest BCUT2D eigenvalue weighted by atomic mass is 32.1. The van der Waals surface area contributed by atoms with Gasteiger partial charge in [-0.05, 0) is 31.0 Å². The molecule has 0 spiro atoms. The predicted octanol–water partition coefficient (Wildman–Crippen LogP) is 4.04. The maximum Gasteiger partial charge on any atom is 0.140 e. The minimum Gasteiger partial charge on any atom is -0.383 e. The van der Waals surface area contributed by atoms with E-state index in [0.717, 1.165) is 34.9 Å². The largest absolute Gasteiger partial charge is 0.383 e. The molecule has 0 unspecified atom stereocenters. The Morgan fingerprint density at radius 2 is 2.00 bits per heavy atom. The highest BCUT2D eigenvalue weighted by Crippen LogP contribution is 2.21. The molecule has 4 nitrogen and oxygen atoms in total. The van der Waals surface area contributed by atoms with Crippen molar-refractivity contribution in [3.8, 4) is 17.3 Å². The summed E-state index contributed by atoms with van der Waals surface area (Å²) in [5.41, 5.74) is 4.83. The summed E-state index contributed by atoms with van der Waals surface area (Å²) in [6, 6.07) is 14.1. The Morgan fingerprint density at radius 1 is 1.17 bits per heavy atom. The van der Waals surface area contributed by atoms with Crippen molar-refractivity contribution in [1.29, 1.82) is 5.26 Å². The number of hydrogen-bond acceptors (Lipinski definition) is 5. The van der Waals surface area contributed by atoms with Crippen LogP contribution in [0.25, 0.3) is 11.3 Å². The van der Waals surface area contributed by atoms with Gasteiger partial charge in [-0.25, -0.2) is 9.97 Å². The highest BCUT2D eigenvalue weighted by Gasteiger charge is 2.02. The standard InChI is InChI=1S/C18H16N4S/c1-13-22-18(12-23-13)15-4-2-14(3-5-15)8-9-20-17-7-6-16(10-19)21-11-17/h2-7,11-12,20H,8-9H2,1H3. The fraction of sp³-hybridized carbons (Fsp3) is 0.167. The maximum atomic E-state index is 8.72. The molecule has 1 N–H and O–H groups in total. The number of anilines is 1. The van der Waals surface area contributed by atoms with E-state index in [-0.39, 0.29) is 0 Å². The van der Waals surface area contributed by atoms with Crippen molar-refractivity contribution in [2.24, 2.45) is 0 Å². The lowest BCUT2D eigenvalue weighted by molar-refractivity contribution is 1.02. The molecule has 0 aliphatic rings. The van der Waals surface area contributed by atoms with Crippen LogP contribution >= 0.6 is 11.3 Å². The molecule has 0 fully saturated rings. The normalized spacial score (nSPS) is 10.3. The van der Waals surface area contributed by atoms with Crippen LogP contribution in [0.15, 0.2) is 48.0 Å². The molecule has 5 heteroatoms. The molecule has 3 aromatic rings. The zero-order valence-corrected chi connectivity index (χ0v) is 13.6. The maximum absolute atomic E-state index is 8.72. The zero-order valence-electron chi connectivity index (χ0n) is 12.8. The van der Waals surface area contributed by atoms with Crippen LogP contribution in [0.4, 0.5) is 5.69 Å². The first-order valence-corrected chi connectivity index (χ1v) is 8.24. The summed E-state index contributed by atoms with van der Waals surface area (Å²) in [5.74, 6) is 0. The molecule has 0 radical (unpaired) electrons. The molecule has 0 atom stereocenters. The third kappa shape index (κ3) is 3.93. The van der Waals surface area contributed by atoms with Crippen LogP contribution in [0.1, 0.15) is 16.3 Å². The molecule has 0 saturated heterocycles. The average molecular weight is 320 g/mol. The lowest BCUT2D eigenvalue weighted by Crippen LogP contribution is -2.05. The van der Waals surface area contributed by atoms with Crippen molar-refractivity contribution in [3.05, 3.63) is 64.2 Å². The third-order valence-corrected chi connectivity index (χ3v) is 4.26. The van der Waals surface area contributed by atoms with E-state index in [4.69, 9.17) is 5.26 Å². The van der Waals surface area contributed by atoms with Crippen molar-refractivity contribution in [3.63, 3.8) is 0 Å². The van der Waals surface area contributed by atoms with Gasteiger partial charge >= 0.3 is 0 Å². The van der Waals surface area contributed by atoms with E-state index in [2.05, 4.69) is 44.9 Å². The molecule has 3 rings (SSSR count). The van der Waals surface area contributed by atoms with Gasteiger partial charge in [0.15, 0.2) is 0 Å². The topological polar surface area (TPSA) is 61.6 Å². The van der Waals surface area contributed by atoms with E-state index in [0.29, 0.717) is 5.69 Å². The molecule has 114 valence electrons. The van der Waals surface area contributed by atoms with Gasteiger partial charge in [-0.1, -0.05) is 24.3 Å². The van der Waals surface area contributed by atoms with Gasteiger partial charge in [0.2, 0.25) is 0 Å². The molecule has 23 heavy (non-hydrogen) atoms. The highest BCUT2D eigenvalue weighted by molar-refractivity contribution is 7.09. The summed E-state index contributed by atoms with van der Waals surface area (Å²) in [7, 11) is 0. The van der Waals surface area contributed by atoms with Crippen molar-refractivity contribution in [2.75, 3.05) is 11.9 Å². The third-order valence-electron chi connectivity index (χ3n) is 3.49. The summed E-state index contributed by atoms with van der Waals surface area (Å²) in [6.45, 7) is 2.84. The second-order valence-electron chi connectivity index (χ2n) is 5.17. The smallest absolute Gasteiger partial charge is 0.140 e. The summed E-state index contributed by atoms with van der Waals surface area (Å²) < 4.78 is 0. The monoisotopic (exact) mass is 320 g/mol. The molecule has 2 heterocycles. The van der Waals surface area contributed by atoms with Gasteiger partial charge in [0.1, 0.15) is 11.8 Å². The Labute approximate surface area is 139 Å². The van der Waals surface area contributed by atoms with Crippen LogP contribution < -0.4 is 5.32 Å². The molecule has 0 aliphatic heterocycles. The number of nitriles is 1. The predicted molar refractivity (Wildman–Crippen MR) is 93.4 cm³/mol. The summed E-state index contributed by atoms with van der Waals surface area (Å²) >= 11 is 1.67. The van der Waals surface area contributed by atoms with E-state index in [1.54, 1.807) is 23.6 Å². The summed E-state index contributed by atoms with van der Waals surface area (Å²) in [4.78, 5) is 8.54. The second-order valence-corrected chi connectivity index (χ2v) is 6.23. The zero-order chi connectivity index (χ0) is 16.1. The van der Waals surface area contributed by atoms with Crippen LogP contribution in [-0.2, 0) is 6.42 Å². The number of thiazole rings is 1. The van der Waals surface area contributed by atoms with Gasteiger partial charge < -0.3 is 5.32 Å². The van der Waals surface area contributed by atoms with Gasteiger partial charge in [0.25, 0.3) is 0 Å². The fourth-order valence-corrected chi connectivity index (χ4v) is 2.88. The molecule has 1 aromatic carbocycles. The Bertz CT molecular complexity index is 813. The SMILES string of the molecule is Cc1nc(-c2ccc(CCNc3ccc(C#N)nc3)cc2)cs1. The Kier molecular flexibility index (Phi) is 4.65. The first-order chi connectivity index (χ1) is 11.2. The van der Waals surface area contributed by atoms with Crippen LogP contribution in [0.3, 0.4) is 0 Å². The van der Waals surface area contributed by atoms with Gasteiger partial charge in [-0.2, -0.15) is 5.26 Å². The van der Waals surface area contributed by atoms with Gasteiger partial charge in [0.05, 0.1) is 22.6 Å². The first-order valence-electron chi connectivity index (χ1n) is 7.36. The van der Waals surface area contributed by atoms with Crippen LogP contribution in [0.2, 0.25) is 0 Å². The van der Waals surface area contributed by atoms with Crippen molar-refractivity contribution in [2.45, 2.75) is 13.3 Å². The molecular formula is C18H16N4S. The Hall–Kier alpha value is -2.71. The van der Waals surface area contributed by atoms with Crippen LogP contribution in [-0.4, -0.2) is 16.5 Å². The molecule has 0 amide bonds. The second kappa shape index (κ2) is 7.03. The Morgan fingerprint density at radius 3 is 2.61 bits per heavy atom.